The SMILES string of the molecule is O=C1C(=Cc2csc([N+](=O)[O-])c2)NC(=S)N1Cc1ccccc1Cl. The van der Waals surface area contributed by atoms with Gasteiger partial charge >= 0.3 is 5.00 Å². The van der Waals surface area contributed by atoms with Crippen LogP contribution < -0.4 is 5.32 Å². The van der Waals surface area contributed by atoms with Crippen molar-refractivity contribution in [2.45, 2.75) is 6.54 Å². The molecule has 122 valence electrons. The zero-order valence-corrected chi connectivity index (χ0v) is 14.5. The van der Waals surface area contributed by atoms with Crippen molar-refractivity contribution < 1.29 is 9.72 Å². The van der Waals surface area contributed by atoms with Gasteiger partial charge in [-0.3, -0.25) is 19.8 Å². The van der Waals surface area contributed by atoms with Gasteiger partial charge in [-0.1, -0.05) is 41.1 Å². The lowest BCUT2D eigenvalue weighted by molar-refractivity contribution is -0.380. The summed E-state index contributed by atoms with van der Waals surface area (Å²) in [6.07, 6.45) is 1.55. The van der Waals surface area contributed by atoms with E-state index < -0.39 is 4.92 Å². The molecule has 1 aliphatic rings. The smallest absolute Gasteiger partial charge is 0.324 e. The summed E-state index contributed by atoms with van der Waals surface area (Å²) in [6, 6.07) is 8.62. The van der Waals surface area contributed by atoms with Gasteiger partial charge in [0.05, 0.1) is 11.5 Å². The number of halogens is 1. The molecular weight excluding hydrogens is 370 g/mol. The van der Waals surface area contributed by atoms with E-state index in [2.05, 4.69) is 5.32 Å². The summed E-state index contributed by atoms with van der Waals surface area (Å²) in [5.74, 6) is -0.297. The van der Waals surface area contributed by atoms with E-state index in [4.69, 9.17) is 23.8 Å². The van der Waals surface area contributed by atoms with Crippen molar-refractivity contribution in [1.82, 2.24) is 10.2 Å². The molecule has 1 aromatic heterocycles. The quantitative estimate of drug-likeness (QED) is 0.380. The number of rotatable bonds is 4. The van der Waals surface area contributed by atoms with Gasteiger partial charge in [0.25, 0.3) is 5.91 Å². The molecule has 0 atom stereocenters. The molecule has 0 spiro atoms. The summed E-state index contributed by atoms with van der Waals surface area (Å²) >= 11 is 12.3. The highest BCUT2D eigenvalue weighted by Gasteiger charge is 2.31. The van der Waals surface area contributed by atoms with Crippen LogP contribution in [0.25, 0.3) is 6.08 Å². The van der Waals surface area contributed by atoms with Crippen molar-refractivity contribution in [2.75, 3.05) is 0 Å². The first-order chi connectivity index (χ1) is 11.5. The Bertz CT molecular complexity index is 878. The van der Waals surface area contributed by atoms with E-state index in [-0.39, 0.29) is 28.3 Å². The van der Waals surface area contributed by atoms with Crippen LogP contribution >= 0.6 is 35.2 Å². The Morgan fingerprint density at radius 1 is 1.42 bits per heavy atom. The van der Waals surface area contributed by atoms with E-state index in [1.165, 1.54) is 11.0 Å². The lowest BCUT2D eigenvalue weighted by Gasteiger charge is -2.14. The monoisotopic (exact) mass is 379 g/mol. The van der Waals surface area contributed by atoms with Gasteiger partial charge in [-0.05, 0) is 35.5 Å². The molecule has 0 unspecified atom stereocenters. The molecule has 2 aromatic rings. The highest BCUT2D eigenvalue weighted by molar-refractivity contribution is 7.80. The fourth-order valence-electron chi connectivity index (χ4n) is 2.19. The summed E-state index contributed by atoms with van der Waals surface area (Å²) in [5.41, 5.74) is 1.63. The number of thiophene rings is 1. The average molecular weight is 380 g/mol. The predicted molar refractivity (Wildman–Crippen MR) is 96.7 cm³/mol. The maximum Gasteiger partial charge on any atom is 0.324 e. The number of carbonyl (C=O) groups is 1. The second kappa shape index (κ2) is 6.68. The molecule has 1 aromatic carbocycles. The molecule has 9 heteroatoms. The number of thiocarbonyl (C=S) groups is 1. The number of amides is 1. The minimum atomic E-state index is -0.467. The Morgan fingerprint density at radius 2 is 2.17 bits per heavy atom. The summed E-state index contributed by atoms with van der Waals surface area (Å²) in [6.45, 7) is 0.255. The Morgan fingerprint density at radius 3 is 2.83 bits per heavy atom. The molecule has 0 radical (unpaired) electrons. The van der Waals surface area contributed by atoms with Gasteiger partial charge in [-0.25, -0.2) is 0 Å². The van der Waals surface area contributed by atoms with Gasteiger partial charge in [0.15, 0.2) is 5.11 Å². The molecule has 1 amide bonds. The first-order valence-electron chi connectivity index (χ1n) is 6.76. The second-order valence-electron chi connectivity index (χ2n) is 4.95. The van der Waals surface area contributed by atoms with E-state index in [0.29, 0.717) is 10.6 Å². The van der Waals surface area contributed by atoms with Gasteiger partial charge in [0, 0.05) is 16.5 Å². The van der Waals surface area contributed by atoms with Crippen molar-refractivity contribution in [3.8, 4) is 0 Å². The summed E-state index contributed by atoms with van der Waals surface area (Å²) in [4.78, 5) is 24.2. The highest BCUT2D eigenvalue weighted by Crippen LogP contribution is 2.26. The van der Waals surface area contributed by atoms with Crippen molar-refractivity contribution in [3.63, 3.8) is 0 Å². The predicted octanol–water partition coefficient (Wildman–Crippen LogP) is 3.57. The molecule has 6 nitrogen and oxygen atoms in total. The summed E-state index contributed by atoms with van der Waals surface area (Å²) < 4.78 is 0. The normalized spacial score (nSPS) is 15.9. The van der Waals surface area contributed by atoms with Crippen LogP contribution in [-0.4, -0.2) is 20.8 Å². The fourth-order valence-corrected chi connectivity index (χ4v) is 3.33. The molecule has 3 rings (SSSR count). The third-order valence-electron chi connectivity index (χ3n) is 3.35. The first kappa shape index (κ1) is 16.6. The van der Waals surface area contributed by atoms with Gasteiger partial charge < -0.3 is 5.32 Å². The zero-order chi connectivity index (χ0) is 17.3. The third-order valence-corrected chi connectivity index (χ3v) is 4.94. The maximum absolute atomic E-state index is 12.5. The van der Waals surface area contributed by atoms with Gasteiger partial charge in [0.2, 0.25) is 0 Å². The van der Waals surface area contributed by atoms with Crippen LogP contribution in [-0.2, 0) is 11.3 Å². The molecule has 0 aliphatic carbocycles. The molecule has 24 heavy (non-hydrogen) atoms. The van der Waals surface area contributed by atoms with Gasteiger partial charge in [0.1, 0.15) is 5.70 Å². The lowest BCUT2D eigenvalue weighted by atomic mass is 10.2. The zero-order valence-electron chi connectivity index (χ0n) is 12.1. The molecule has 1 fully saturated rings. The molecule has 1 aliphatic heterocycles. The number of nitrogens with zero attached hydrogens (tertiary/aromatic N) is 2. The number of benzene rings is 1. The highest BCUT2D eigenvalue weighted by atomic mass is 35.5. The third kappa shape index (κ3) is 3.30. The first-order valence-corrected chi connectivity index (χ1v) is 8.43. The van der Waals surface area contributed by atoms with Crippen molar-refractivity contribution in [3.05, 3.63) is 67.7 Å². The second-order valence-corrected chi connectivity index (χ2v) is 6.63. The number of hydrogen-bond acceptors (Lipinski definition) is 5. The van der Waals surface area contributed by atoms with E-state index in [0.717, 1.165) is 16.9 Å². The minimum Gasteiger partial charge on any atom is -0.328 e. The summed E-state index contributed by atoms with van der Waals surface area (Å²) in [7, 11) is 0. The van der Waals surface area contributed by atoms with Gasteiger partial charge in [-0.15, -0.1) is 0 Å². The molecule has 1 saturated heterocycles. The van der Waals surface area contributed by atoms with Crippen molar-refractivity contribution >= 4 is 57.3 Å². The number of nitrogens with one attached hydrogen (secondary N) is 1. The molecule has 0 saturated carbocycles. The average Bonchev–Trinajstić information content (AvgIpc) is 3.10. The fraction of sp³-hybridized carbons (Fsp3) is 0.0667. The molecule has 0 bridgehead atoms. The number of carbonyl (C=O) groups excluding carboxylic acids is 1. The van der Waals surface area contributed by atoms with Crippen LogP contribution in [0.15, 0.2) is 41.4 Å². The van der Waals surface area contributed by atoms with Crippen LogP contribution in [0.1, 0.15) is 11.1 Å². The van der Waals surface area contributed by atoms with Gasteiger partial charge in [-0.2, -0.15) is 0 Å². The minimum absolute atomic E-state index is 0.0165. The maximum atomic E-state index is 12.5. The number of hydrogen-bond donors (Lipinski definition) is 1. The number of nitro groups is 1. The van der Waals surface area contributed by atoms with E-state index >= 15 is 0 Å². The Kier molecular flexibility index (Phi) is 4.61. The van der Waals surface area contributed by atoms with Crippen LogP contribution in [0.3, 0.4) is 0 Å². The van der Waals surface area contributed by atoms with Crippen LogP contribution in [0.2, 0.25) is 5.02 Å². The lowest BCUT2D eigenvalue weighted by Crippen LogP contribution is -2.30. The Hall–Kier alpha value is -2.29. The van der Waals surface area contributed by atoms with Crippen molar-refractivity contribution in [1.29, 1.82) is 0 Å². The van der Waals surface area contributed by atoms with Crippen LogP contribution in [0, 0.1) is 10.1 Å². The molecule has 1 N–H and O–H groups in total. The van der Waals surface area contributed by atoms with E-state index in [1.807, 2.05) is 18.2 Å². The summed E-state index contributed by atoms with van der Waals surface area (Å²) in [5, 5.41) is 16.0. The van der Waals surface area contributed by atoms with Crippen LogP contribution in [0.4, 0.5) is 5.00 Å². The van der Waals surface area contributed by atoms with Crippen molar-refractivity contribution in [2.24, 2.45) is 0 Å². The van der Waals surface area contributed by atoms with Crippen LogP contribution in [0.5, 0.6) is 0 Å². The standard InChI is InChI=1S/C15H10ClN3O3S2/c16-11-4-2-1-3-10(11)7-18-14(20)12(17-15(18)23)5-9-6-13(19(21)22)24-8-9/h1-6,8H,7H2,(H,17,23). The Balaban J connectivity index is 1.82. The topological polar surface area (TPSA) is 75.5 Å². The van der Waals surface area contributed by atoms with E-state index in [9.17, 15) is 14.9 Å². The van der Waals surface area contributed by atoms with E-state index in [1.54, 1.807) is 17.5 Å². The molecular formula is C15H10ClN3O3S2. The largest absolute Gasteiger partial charge is 0.328 e. The Labute approximate surface area is 151 Å². The molecule has 2 heterocycles.